The van der Waals surface area contributed by atoms with Gasteiger partial charge in [-0.1, -0.05) is 13.8 Å². The van der Waals surface area contributed by atoms with Gasteiger partial charge in [0.2, 0.25) is 5.91 Å². The number of nitrogens with zero attached hydrogens (tertiary/aromatic N) is 2. The Morgan fingerprint density at radius 1 is 1.35 bits per heavy atom. The number of alkyl halides is 3. The van der Waals surface area contributed by atoms with Crippen molar-refractivity contribution in [2.45, 2.75) is 44.9 Å². The van der Waals surface area contributed by atoms with Crippen LogP contribution < -0.4 is 16.0 Å². The topological polar surface area (TPSA) is 87.9 Å². The standard InChI is InChI=1S/C21H29F3N4O3/c1-13(2)11-28(14-3-4-14)18(10-25)20(30)26-17-6-5-15(9-16(17)21(22,23)24)27-7-8-31-12-19(27)29/h5-6,9,13-14,18H,3-4,7-8,10-12,25H2,1-2H3,(H,26,30)/t18-/m0/s1. The summed E-state index contributed by atoms with van der Waals surface area (Å²) in [5, 5.41) is 2.44. The van der Waals surface area contributed by atoms with Crippen LogP contribution in [0.3, 0.4) is 0 Å². The molecule has 1 aliphatic heterocycles. The number of hydrogen-bond donors (Lipinski definition) is 2. The van der Waals surface area contributed by atoms with Gasteiger partial charge in [-0.05, 0) is 37.0 Å². The van der Waals surface area contributed by atoms with Gasteiger partial charge in [0.15, 0.2) is 0 Å². The van der Waals surface area contributed by atoms with Gasteiger partial charge in [-0.25, -0.2) is 0 Å². The monoisotopic (exact) mass is 442 g/mol. The average Bonchev–Trinajstić information content (AvgIpc) is 3.52. The zero-order valence-corrected chi connectivity index (χ0v) is 17.7. The second-order valence-electron chi connectivity index (χ2n) is 8.39. The molecule has 1 heterocycles. The number of nitrogens with two attached hydrogens (primary N) is 1. The van der Waals surface area contributed by atoms with E-state index >= 15 is 0 Å². The highest BCUT2D eigenvalue weighted by molar-refractivity contribution is 5.98. The molecule has 2 fully saturated rings. The van der Waals surface area contributed by atoms with Gasteiger partial charge in [0.05, 0.1) is 17.9 Å². The zero-order valence-electron chi connectivity index (χ0n) is 17.7. The molecule has 1 aromatic carbocycles. The summed E-state index contributed by atoms with van der Waals surface area (Å²) in [5.41, 5.74) is 4.62. The maximum atomic E-state index is 13.8. The molecule has 0 aromatic heterocycles. The number of amides is 2. The highest BCUT2D eigenvalue weighted by Crippen LogP contribution is 2.38. The molecule has 1 saturated heterocycles. The minimum Gasteiger partial charge on any atom is -0.370 e. The number of halogens is 3. The Balaban J connectivity index is 1.85. The van der Waals surface area contributed by atoms with Gasteiger partial charge in [0.1, 0.15) is 12.6 Å². The van der Waals surface area contributed by atoms with Crippen molar-refractivity contribution in [3.05, 3.63) is 23.8 Å². The first-order chi connectivity index (χ1) is 14.6. The highest BCUT2D eigenvalue weighted by Gasteiger charge is 2.39. The van der Waals surface area contributed by atoms with Crippen LogP contribution in [-0.4, -0.2) is 61.6 Å². The summed E-state index contributed by atoms with van der Waals surface area (Å²) in [6.45, 7) is 4.94. The fourth-order valence-electron chi connectivity index (χ4n) is 3.80. The van der Waals surface area contributed by atoms with Crippen molar-refractivity contribution < 1.29 is 27.5 Å². The Bertz CT molecular complexity index is 812. The normalized spacial score (nSPS) is 18.6. The summed E-state index contributed by atoms with van der Waals surface area (Å²) >= 11 is 0. The molecule has 2 amide bonds. The van der Waals surface area contributed by atoms with Gasteiger partial charge in [-0.2, -0.15) is 13.2 Å². The lowest BCUT2D eigenvalue weighted by atomic mass is 10.1. The SMILES string of the molecule is CC(C)CN(C1CC1)[C@@H](CN)C(=O)Nc1ccc(N2CCOCC2=O)cc1C(F)(F)F. The van der Waals surface area contributed by atoms with Crippen LogP contribution >= 0.6 is 0 Å². The molecule has 1 saturated carbocycles. The van der Waals surface area contributed by atoms with Gasteiger partial charge in [-0.15, -0.1) is 0 Å². The minimum absolute atomic E-state index is 0.0107. The van der Waals surface area contributed by atoms with Crippen LogP contribution in [0.5, 0.6) is 0 Å². The largest absolute Gasteiger partial charge is 0.418 e. The van der Waals surface area contributed by atoms with Crippen molar-refractivity contribution in [3.8, 4) is 0 Å². The van der Waals surface area contributed by atoms with E-state index in [-0.39, 0.29) is 43.7 Å². The van der Waals surface area contributed by atoms with Crippen molar-refractivity contribution in [2.24, 2.45) is 11.7 Å². The van der Waals surface area contributed by atoms with Gasteiger partial charge in [0, 0.05) is 31.4 Å². The molecule has 1 atom stereocenters. The van der Waals surface area contributed by atoms with Gasteiger partial charge in [0.25, 0.3) is 5.91 Å². The third kappa shape index (κ3) is 5.75. The summed E-state index contributed by atoms with van der Waals surface area (Å²) in [4.78, 5) is 28.2. The smallest absolute Gasteiger partial charge is 0.370 e. The molecule has 10 heteroatoms. The van der Waals surface area contributed by atoms with Gasteiger partial charge < -0.3 is 20.7 Å². The number of hydrogen-bond acceptors (Lipinski definition) is 5. The Labute approximate surface area is 179 Å². The average molecular weight is 442 g/mol. The Morgan fingerprint density at radius 2 is 2.06 bits per heavy atom. The van der Waals surface area contributed by atoms with E-state index in [4.69, 9.17) is 10.5 Å². The Morgan fingerprint density at radius 3 is 2.61 bits per heavy atom. The molecule has 172 valence electrons. The van der Waals surface area contributed by atoms with E-state index in [2.05, 4.69) is 5.32 Å². The lowest BCUT2D eigenvalue weighted by Crippen LogP contribution is -2.51. The molecule has 3 rings (SSSR count). The van der Waals surface area contributed by atoms with Crippen LogP contribution in [0.4, 0.5) is 24.5 Å². The highest BCUT2D eigenvalue weighted by atomic mass is 19.4. The molecular formula is C21H29F3N4O3. The quantitative estimate of drug-likeness (QED) is 0.646. The maximum Gasteiger partial charge on any atom is 0.418 e. The first-order valence-electron chi connectivity index (χ1n) is 10.5. The van der Waals surface area contributed by atoms with Crippen molar-refractivity contribution >= 4 is 23.2 Å². The molecule has 0 bridgehead atoms. The van der Waals surface area contributed by atoms with E-state index in [1.807, 2.05) is 18.7 Å². The Kier molecular flexibility index (Phi) is 7.23. The number of carbonyl (C=O) groups is 2. The first kappa shape index (κ1) is 23.5. The van der Waals surface area contributed by atoms with Crippen molar-refractivity contribution in [2.75, 3.05) is 43.1 Å². The number of morpholine rings is 1. The maximum absolute atomic E-state index is 13.8. The second kappa shape index (κ2) is 9.54. The third-order valence-corrected chi connectivity index (χ3v) is 5.38. The van der Waals surface area contributed by atoms with Crippen LogP contribution in [-0.2, 0) is 20.5 Å². The molecule has 7 nitrogen and oxygen atoms in total. The van der Waals surface area contributed by atoms with E-state index in [1.54, 1.807) is 0 Å². The molecular weight excluding hydrogens is 413 g/mol. The van der Waals surface area contributed by atoms with Crippen molar-refractivity contribution in [3.63, 3.8) is 0 Å². The molecule has 1 aliphatic carbocycles. The predicted octanol–water partition coefficient (Wildman–Crippen LogP) is 2.45. The summed E-state index contributed by atoms with van der Waals surface area (Å²) in [5.74, 6) is -0.678. The third-order valence-electron chi connectivity index (χ3n) is 5.38. The van der Waals surface area contributed by atoms with Crippen molar-refractivity contribution in [1.29, 1.82) is 0 Å². The summed E-state index contributed by atoms with van der Waals surface area (Å²) < 4.78 is 46.4. The predicted molar refractivity (Wildman–Crippen MR) is 111 cm³/mol. The number of carbonyl (C=O) groups excluding carboxylic acids is 2. The lowest BCUT2D eigenvalue weighted by Gasteiger charge is -2.32. The number of nitrogens with one attached hydrogen (secondary N) is 1. The summed E-state index contributed by atoms with van der Waals surface area (Å²) in [6, 6.07) is 3.01. The van der Waals surface area contributed by atoms with Crippen LogP contribution in [0.25, 0.3) is 0 Å². The fourth-order valence-corrected chi connectivity index (χ4v) is 3.80. The molecule has 31 heavy (non-hydrogen) atoms. The van der Waals surface area contributed by atoms with E-state index in [0.717, 1.165) is 18.9 Å². The zero-order chi connectivity index (χ0) is 22.8. The van der Waals surface area contributed by atoms with Crippen LogP contribution in [0.15, 0.2) is 18.2 Å². The number of anilines is 2. The number of ether oxygens (including phenoxy) is 1. The summed E-state index contributed by atoms with van der Waals surface area (Å²) in [6.07, 6.45) is -2.81. The minimum atomic E-state index is -4.71. The van der Waals surface area contributed by atoms with Crippen LogP contribution in [0.1, 0.15) is 32.3 Å². The Hall–Kier alpha value is -2.17. The lowest BCUT2D eigenvalue weighted by molar-refractivity contribution is -0.137. The van der Waals surface area contributed by atoms with E-state index < -0.39 is 29.6 Å². The molecule has 0 spiro atoms. The van der Waals surface area contributed by atoms with E-state index in [9.17, 15) is 22.8 Å². The second-order valence-corrected chi connectivity index (χ2v) is 8.39. The number of benzene rings is 1. The summed E-state index contributed by atoms with van der Waals surface area (Å²) in [7, 11) is 0. The molecule has 0 radical (unpaired) electrons. The fraction of sp³-hybridized carbons (Fsp3) is 0.619. The van der Waals surface area contributed by atoms with Crippen LogP contribution in [0, 0.1) is 5.92 Å². The van der Waals surface area contributed by atoms with Crippen LogP contribution in [0.2, 0.25) is 0 Å². The van der Waals surface area contributed by atoms with Gasteiger partial charge in [-0.3, -0.25) is 14.5 Å². The molecule has 0 unspecified atom stereocenters. The van der Waals surface area contributed by atoms with E-state index in [0.29, 0.717) is 12.5 Å². The first-order valence-corrected chi connectivity index (χ1v) is 10.5. The number of rotatable bonds is 8. The molecule has 1 aromatic rings. The van der Waals surface area contributed by atoms with Gasteiger partial charge >= 0.3 is 6.18 Å². The van der Waals surface area contributed by atoms with Crippen molar-refractivity contribution in [1.82, 2.24) is 4.90 Å². The molecule has 3 N–H and O–H groups in total. The van der Waals surface area contributed by atoms with E-state index in [1.165, 1.54) is 17.0 Å². The molecule has 2 aliphatic rings.